The molecular formula is C30H20Cl2N2O7S. The van der Waals surface area contributed by atoms with Gasteiger partial charge in [0.2, 0.25) is 0 Å². The SMILES string of the molecule is Cc1ccc(S(=O)(=O)Oc2ccc(C(=O)CN(C(=O)c3ccc(Cl)c(Cl)c3)N3C(=O)c4ccccc4C3=O)cc2)cc1. The molecule has 4 aromatic carbocycles. The van der Waals surface area contributed by atoms with Crippen molar-refractivity contribution in [3.63, 3.8) is 0 Å². The molecule has 0 atom stereocenters. The van der Waals surface area contributed by atoms with Crippen LogP contribution in [0.3, 0.4) is 0 Å². The minimum absolute atomic E-state index is 0.0150. The third kappa shape index (κ3) is 5.64. The van der Waals surface area contributed by atoms with Crippen molar-refractivity contribution >= 4 is 56.8 Å². The normalized spacial score (nSPS) is 12.7. The summed E-state index contributed by atoms with van der Waals surface area (Å²) >= 11 is 12.1. The second kappa shape index (κ2) is 11.4. The van der Waals surface area contributed by atoms with E-state index < -0.39 is 40.2 Å². The summed E-state index contributed by atoms with van der Waals surface area (Å²) in [6, 6.07) is 21.3. The number of ketones is 1. The molecule has 1 heterocycles. The molecular weight excluding hydrogens is 603 g/mol. The average molecular weight is 623 g/mol. The van der Waals surface area contributed by atoms with E-state index >= 15 is 0 Å². The van der Waals surface area contributed by atoms with Gasteiger partial charge in [0.1, 0.15) is 17.2 Å². The number of Topliss-reactive ketones (excluding diaryl/α,β-unsaturated/α-hetero) is 1. The number of fused-ring (bicyclic) bond motifs is 1. The van der Waals surface area contributed by atoms with Crippen LogP contribution in [0.15, 0.2) is 95.9 Å². The summed E-state index contributed by atoms with van der Waals surface area (Å²) in [6.07, 6.45) is 0. The lowest BCUT2D eigenvalue weighted by atomic mass is 10.1. The van der Waals surface area contributed by atoms with Crippen LogP contribution in [0.2, 0.25) is 10.0 Å². The molecule has 0 saturated carbocycles. The van der Waals surface area contributed by atoms with Gasteiger partial charge in [-0.1, -0.05) is 53.0 Å². The van der Waals surface area contributed by atoms with Gasteiger partial charge in [-0.25, -0.2) is 5.01 Å². The number of benzene rings is 4. The van der Waals surface area contributed by atoms with E-state index in [2.05, 4.69) is 0 Å². The zero-order valence-electron chi connectivity index (χ0n) is 21.8. The maximum atomic E-state index is 13.6. The first-order chi connectivity index (χ1) is 20.0. The molecule has 0 bridgehead atoms. The molecule has 1 aliphatic heterocycles. The summed E-state index contributed by atoms with van der Waals surface area (Å²) in [5.74, 6) is -3.09. The molecule has 0 N–H and O–H groups in total. The number of rotatable bonds is 8. The van der Waals surface area contributed by atoms with Crippen LogP contribution in [0.1, 0.15) is 47.0 Å². The van der Waals surface area contributed by atoms with E-state index in [0.717, 1.165) is 10.6 Å². The number of aryl methyl sites for hydroxylation is 1. The maximum absolute atomic E-state index is 13.6. The Morgan fingerprint density at radius 2 is 1.36 bits per heavy atom. The summed E-state index contributed by atoms with van der Waals surface area (Å²) in [7, 11) is -4.12. The van der Waals surface area contributed by atoms with Crippen molar-refractivity contribution in [2.45, 2.75) is 11.8 Å². The minimum atomic E-state index is -4.12. The Morgan fingerprint density at radius 3 is 1.93 bits per heavy atom. The topological polar surface area (TPSA) is 118 Å². The lowest BCUT2D eigenvalue weighted by Gasteiger charge is -2.29. The van der Waals surface area contributed by atoms with Gasteiger partial charge < -0.3 is 4.18 Å². The van der Waals surface area contributed by atoms with Gasteiger partial charge >= 0.3 is 10.1 Å². The summed E-state index contributed by atoms with van der Waals surface area (Å²) in [4.78, 5) is 53.4. The van der Waals surface area contributed by atoms with Crippen molar-refractivity contribution in [2.24, 2.45) is 0 Å². The highest BCUT2D eigenvalue weighted by molar-refractivity contribution is 7.87. The van der Waals surface area contributed by atoms with Crippen LogP contribution in [0, 0.1) is 6.92 Å². The summed E-state index contributed by atoms with van der Waals surface area (Å²) in [5, 5.41) is 1.62. The highest BCUT2D eigenvalue weighted by atomic mass is 35.5. The van der Waals surface area contributed by atoms with Crippen LogP contribution in [0.25, 0.3) is 0 Å². The highest BCUT2D eigenvalue weighted by Crippen LogP contribution is 2.28. The highest BCUT2D eigenvalue weighted by Gasteiger charge is 2.42. The molecule has 4 aromatic rings. The zero-order valence-corrected chi connectivity index (χ0v) is 24.1. The van der Waals surface area contributed by atoms with Crippen LogP contribution in [0.4, 0.5) is 0 Å². The zero-order chi connectivity index (χ0) is 30.2. The molecule has 0 saturated heterocycles. The molecule has 0 spiro atoms. The van der Waals surface area contributed by atoms with Gasteiger partial charge in [0, 0.05) is 11.1 Å². The second-order valence-corrected chi connectivity index (χ2v) is 11.6. The number of carbonyl (C=O) groups excluding carboxylic acids is 4. The Balaban J connectivity index is 1.41. The summed E-state index contributed by atoms with van der Waals surface area (Å²) < 4.78 is 30.4. The monoisotopic (exact) mass is 622 g/mol. The van der Waals surface area contributed by atoms with E-state index in [0.29, 0.717) is 5.01 Å². The Bertz CT molecular complexity index is 1820. The number of amides is 3. The van der Waals surface area contributed by atoms with Crippen LogP contribution >= 0.6 is 23.2 Å². The molecule has 5 rings (SSSR count). The molecule has 0 aromatic heterocycles. The second-order valence-electron chi connectivity index (χ2n) is 9.26. The van der Waals surface area contributed by atoms with Crippen LogP contribution < -0.4 is 4.18 Å². The van der Waals surface area contributed by atoms with E-state index in [9.17, 15) is 27.6 Å². The number of hydrogen-bond donors (Lipinski definition) is 0. The fourth-order valence-corrected chi connectivity index (χ4v) is 5.44. The number of imide groups is 1. The Kier molecular flexibility index (Phi) is 7.87. The Labute approximate surface area is 250 Å². The molecule has 12 heteroatoms. The molecule has 0 aliphatic carbocycles. The van der Waals surface area contributed by atoms with E-state index in [1.807, 2.05) is 6.92 Å². The maximum Gasteiger partial charge on any atom is 0.339 e. The van der Waals surface area contributed by atoms with Gasteiger partial charge in [0.25, 0.3) is 17.7 Å². The molecule has 1 aliphatic rings. The third-order valence-electron chi connectivity index (χ3n) is 6.40. The summed E-state index contributed by atoms with van der Waals surface area (Å²) in [6.45, 7) is 1.12. The molecule has 9 nitrogen and oxygen atoms in total. The van der Waals surface area contributed by atoms with Gasteiger partial charge in [-0.05, 0) is 73.7 Å². The van der Waals surface area contributed by atoms with Gasteiger partial charge in [0.15, 0.2) is 5.78 Å². The lowest BCUT2D eigenvalue weighted by molar-refractivity contribution is 0.00531. The van der Waals surface area contributed by atoms with Crippen LogP contribution in [0.5, 0.6) is 5.75 Å². The number of halogens is 2. The molecule has 0 radical (unpaired) electrons. The van der Waals surface area contributed by atoms with Crippen molar-refractivity contribution in [3.05, 3.63) is 129 Å². The number of carbonyl (C=O) groups is 4. The number of nitrogens with zero attached hydrogens (tertiary/aromatic N) is 2. The Morgan fingerprint density at radius 1 is 0.786 bits per heavy atom. The van der Waals surface area contributed by atoms with Crippen molar-refractivity contribution in [1.82, 2.24) is 10.0 Å². The van der Waals surface area contributed by atoms with E-state index in [1.54, 1.807) is 24.3 Å². The van der Waals surface area contributed by atoms with Gasteiger partial charge in [-0.3, -0.25) is 19.2 Å². The van der Waals surface area contributed by atoms with Crippen molar-refractivity contribution in [3.8, 4) is 5.75 Å². The van der Waals surface area contributed by atoms with Crippen molar-refractivity contribution in [1.29, 1.82) is 0 Å². The fraction of sp³-hybridized carbons (Fsp3) is 0.0667. The smallest absolute Gasteiger partial charge is 0.339 e. The fourth-order valence-electron chi connectivity index (χ4n) is 4.21. The van der Waals surface area contributed by atoms with Crippen LogP contribution in [-0.4, -0.2) is 48.5 Å². The first-order valence-electron chi connectivity index (χ1n) is 12.4. The van der Waals surface area contributed by atoms with E-state index in [-0.39, 0.29) is 42.9 Å². The van der Waals surface area contributed by atoms with E-state index in [1.165, 1.54) is 66.7 Å². The molecule has 0 fully saturated rings. The molecule has 0 unspecified atom stereocenters. The lowest BCUT2D eigenvalue weighted by Crippen LogP contribution is -2.51. The molecule has 212 valence electrons. The third-order valence-corrected chi connectivity index (χ3v) is 8.40. The number of hydrogen-bond acceptors (Lipinski definition) is 7. The quantitative estimate of drug-likeness (QED) is 0.142. The standard InChI is InChI=1S/C30H20Cl2N2O7S/c1-18-6-13-22(14-7-18)42(39,40)41-21-11-8-19(9-12-21)27(35)17-33(28(36)20-10-15-25(31)26(32)16-20)34-29(37)23-4-2-3-5-24(23)30(34)38/h2-16H,17H2,1H3. The van der Waals surface area contributed by atoms with E-state index in [4.69, 9.17) is 27.4 Å². The van der Waals surface area contributed by atoms with Crippen molar-refractivity contribution in [2.75, 3.05) is 6.54 Å². The summed E-state index contributed by atoms with van der Waals surface area (Å²) in [5.41, 5.74) is 1.10. The predicted molar refractivity (Wildman–Crippen MR) is 154 cm³/mol. The molecule has 3 amide bonds. The predicted octanol–water partition coefficient (Wildman–Crippen LogP) is 5.61. The van der Waals surface area contributed by atoms with Crippen LogP contribution in [-0.2, 0) is 10.1 Å². The minimum Gasteiger partial charge on any atom is -0.379 e. The number of hydrazine groups is 1. The molecule has 42 heavy (non-hydrogen) atoms. The largest absolute Gasteiger partial charge is 0.379 e. The Hall–Kier alpha value is -4.51. The average Bonchev–Trinajstić information content (AvgIpc) is 3.22. The first kappa shape index (κ1) is 29.0. The first-order valence-corrected chi connectivity index (χ1v) is 14.5. The van der Waals surface area contributed by atoms with Gasteiger partial charge in [0.05, 0.1) is 21.2 Å². The van der Waals surface area contributed by atoms with Crippen molar-refractivity contribution < 1.29 is 31.8 Å². The van der Waals surface area contributed by atoms with Gasteiger partial charge in [-0.2, -0.15) is 13.4 Å². The van der Waals surface area contributed by atoms with Gasteiger partial charge in [-0.15, -0.1) is 0 Å².